The van der Waals surface area contributed by atoms with E-state index in [1.54, 1.807) is 18.5 Å². The summed E-state index contributed by atoms with van der Waals surface area (Å²) >= 11 is 0. The highest BCUT2D eigenvalue weighted by molar-refractivity contribution is 5.86. The third-order valence-corrected chi connectivity index (χ3v) is 4.70. The van der Waals surface area contributed by atoms with Crippen LogP contribution in [0.25, 0.3) is 0 Å². The van der Waals surface area contributed by atoms with Crippen molar-refractivity contribution in [1.82, 2.24) is 9.88 Å². The number of benzene rings is 1. The topological polar surface area (TPSA) is 70.5 Å². The molecule has 0 fully saturated rings. The largest absolute Gasteiger partial charge is 0.481 e. The van der Waals surface area contributed by atoms with E-state index in [9.17, 15) is 14.7 Å². The molecule has 0 bridgehead atoms. The number of hydrogen-bond acceptors (Lipinski definition) is 3. The zero-order valence-corrected chi connectivity index (χ0v) is 16.4. The van der Waals surface area contributed by atoms with E-state index in [4.69, 9.17) is 0 Å². The van der Waals surface area contributed by atoms with Gasteiger partial charge < -0.3 is 10.0 Å². The summed E-state index contributed by atoms with van der Waals surface area (Å²) in [5, 5.41) is 9.54. The highest BCUT2D eigenvalue weighted by Crippen LogP contribution is 2.37. The van der Waals surface area contributed by atoms with E-state index in [2.05, 4.69) is 4.98 Å². The number of carboxylic acids is 1. The van der Waals surface area contributed by atoms with Crippen LogP contribution in [0.4, 0.5) is 0 Å². The summed E-state index contributed by atoms with van der Waals surface area (Å²) in [7, 11) is 0. The number of hydrogen-bond donors (Lipinski definition) is 1. The Bertz CT molecular complexity index is 737. The van der Waals surface area contributed by atoms with Crippen LogP contribution < -0.4 is 0 Å². The first kappa shape index (κ1) is 20.6. The lowest BCUT2D eigenvalue weighted by Gasteiger charge is -2.36. The van der Waals surface area contributed by atoms with Gasteiger partial charge in [-0.05, 0) is 44.9 Å². The van der Waals surface area contributed by atoms with Gasteiger partial charge in [0.05, 0.1) is 12.3 Å². The highest BCUT2D eigenvalue weighted by atomic mass is 16.4. The number of carbonyl (C=O) groups is 2. The Morgan fingerprint density at radius 2 is 1.56 bits per heavy atom. The van der Waals surface area contributed by atoms with Crippen molar-refractivity contribution in [3.05, 3.63) is 66.0 Å². The number of carboxylic acid groups (broad SMARTS) is 1. The van der Waals surface area contributed by atoms with Crippen molar-refractivity contribution >= 4 is 11.9 Å². The smallest absolute Gasteiger partial charge is 0.304 e. The molecule has 2 atom stereocenters. The number of carbonyl (C=O) groups excluding carboxylic acids is 1. The number of pyridine rings is 1. The van der Waals surface area contributed by atoms with Crippen LogP contribution >= 0.6 is 0 Å². The Kier molecular flexibility index (Phi) is 7.11. The van der Waals surface area contributed by atoms with Crippen molar-refractivity contribution in [2.45, 2.75) is 58.0 Å². The molecule has 1 amide bonds. The van der Waals surface area contributed by atoms with Crippen LogP contribution in [0.5, 0.6) is 0 Å². The number of rotatable bonds is 8. The molecule has 0 aliphatic heterocycles. The van der Waals surface area contributed by atoms with Gasteiger partial charge in [0.15, 0.2) is 0 Å². The Hall–Kier alpha value is -2.69. The zero-order valence-electron chi connectivity index (χ0n) is 16.4. The van der Waals surface area contributed by atoms with Crippen LogP contribution in [-0.4, -0.2) is 39.0 Å². The minimum absolute atomic E-state index is 0.0120. The summed E-state index contributed by atoms with van der Waals surface area (Å²) in [5.74, 6) is -2.07. The monoisotopic (exact) mass is 368 g/mol. The fourth-order valence-electron chi connectivity index (χ4n) is 3.69. The van der Waals surface area contributed by atoms with Crippen molar-refractivity contribution in [2.75, 3.05) is 0 Å². The lowest BCUT2D eigenvalue weighted by Crippen LogP contribution is -2.46. The third kappa shape index (κ3) is 5.16. The number of aliphatic carboxylic acids is 1. The summed E-state index contributed by atoms with van der Waals surface area (Å²) in [5.41, 5.74) is 1.58. The molecule has 1 N–H and O–H groups in total. The average molecular weight is 368 g/mol. The number of aromatic nitrogens is 1. The Morgan fingerprint density at radius 1 is 0.963 bits per heavy atom. The van der Waals surface area contributed by atoms with E-state index in [-0.39, 0.29) is 24.4 Å². The Morgan fingerprint density at radius 3 is 2.04 bits per heavy atom. The molecule has 27 heavy (non-hydrogen) atoms. The first-order valence-corrected chi connectivity index (χ1v) is 9.31. The maximum atomic E-state index is 13.6. The lowest BCUT2D eigenvalue weighted by molar-refractivity contribution is -0.139. The first-order chi connectivity index (χ1) is 12.8. The number of amides is 1. The molecular weight excluding hydrogens is 340 g/mol. The molecule has 2 unspecified atom stereocenters. The molecule has 0 saturated carbocycles. The SMILES string of the molecule is CC(C)N(C(=O)C(c1cccnc1)C(CC(=O)O)c1ccccc1)C(C)C. The lowest BCUT2D eigenvalue weighted by atomic mass is 9.78. The molecule has 0 radical (unpaired) electrons. The predicted molar refractivity (Wildman–Crippen MR) is 106 cm³/mol. The second-order valence-electron chi connectivity index (χ2n) is 7.31. The van der Waals surface area contributed by atoms with Gasteiger partial charge in [0, 0.05) is 30.4 Å². The molecule has 0 aliphatic carbocycles. The number of nitrogens with zero attached hydrogens (tertiary/aromatic N) is 2. The molecule has 1 aromatic heterocycles. The first-order valence-electron chi connectivity index (χ1n) is 9.31. The van der Waals surface area contributed by atoms with E-state index >= 15 is 0 Å². The van der Waals surface area contributed by atoms with Crippen LogP contribution in [-0.2, 0) is 9.59 Å². The van der Waals surface area contributed by atoms with Crippen LogP contribution in [0.15, 0.2) is 54.9 Å². The molecule has 1 aromatic carbocycles. The van der Waals surface area contributed by atoms with Gasteiger partial charge in [-0.1, -0.05) is 36.4 Å². The highest BCUT2D eigenvalue weighted by Gasteiger charge is 2.37. The van der Waals surface area contributed by atoms with Gasteiger partial charge in [-0.15, -0.1) is 0 Å². The maximum absolute atomic E-state index is 13.6. The fourth-order valence-corrected chi connectivity index (χ4v) is 3.69. The second kappa shape index (κ2) is 9.31. The normalized spacial score (nSPS) is 13.4. The zero-order chi connectivity index (χ0) is 20.0. The summed E-state index contributed by atoms with van der Waals surface area (Å²) in [6.07, 6.45) is 3.20. The standard InChI is InChI=1S/C22H28N2O3/c1-15(2)24(16(3)4)22(27)21(18-11-8-12-23-14-18)19(13-20(25)26)17-9-6-5-7-10-17/h5-12,14-16,19,21H,13H2,1-4H3,(H,25,26). The van der Waals surface area contributed by atoms with Crippen molar-refractivity contribution in [3.63, 3.8) is 0 Å². The minimum atomic E-state index is -0.925. The third-order valence-electron chi connectivity index (χ3n) is 4.70. The van der Waals surface area contributed by atoms with Gasteiger partial charge in [0.1, 0.15) is 0 Å². The fraction of sp³-hybridized carbons (Fsp3) is 0.409. The van der Waals surface area contributed by atoms with Crippen molar-refractivity contribution in [1.29, 1.82) is 0 Å². The summed E-state index contributed by atoms with van der Waals surface area (Å²) in [6.45, 7) is 7.92. The average Bonchev–Trinajstić information content (AvgIpc) is 2.62. The van der Waals surface area contributed by atoms with Crippen LogP contribution in [0.1, 0.15) is 57.1 Å². The van der Waals surface area contributed by atoms with Crippen molar-refractivity contribution in [3.8, 4) is 0 Å². The molecule has 0 spiro atoms. The summed E-state index contributed by atoms with van der Waals surface area (Å²) in [6, 6.07) is 13.1. The van der Waals surface area contributed by atoms with Crippen LogP contribution in [0.3, 0.4) is 0 Å². The van der Waals surface area contributed by atoms with Crippen molar-refractivity contribution < 1.29 is 14.7 Å². The molecule has 2 aromatic rings. The quantitative estimate of drug-likeness (QED) is 0.762. The van der Waals surface area contributed by atoms with E-state index < -0.39 is 17.8 Å². The van der Waals surface area contributed by atoms with E-state index in [0.717, 1.165) is 11.1 Å². The van der Waals surface area contributed by atoms with Crippen LogP contribution in [0, 0.1) is 0 Å². The van der Waals surface area contributed by atoms with E-state index in [1.165, 1.54) is 0 Å². The molecule has 5 heteroatoms. The van der Waals surface area contributed by atoms with E-state index in [1.807, 2.05) is 69.0 Å². The minimum Gasteiger partial charge on any atom is -0.481 e. The Labute approximate surface area is 161 Å². The van der Waals surface area contributed by atoms with Gasteiger partial charge in [-0.2, -0.15) is 0 Å². The second-order valence-corrected chi connectivity index (χ2v) is 7.31. The van der Waals surface area contributed by atoms with Gasteiger partial charge in [0.25, 0.3) is 0 Å². The molecule has 144 valence electrons. The Balaban J connectivity index is 2.59. The van der Waals surface area contributed by atoms with Gasteiger partial charge in [-0.25, -0.2) is 0 Å². The molecule has 1 heterocycles. The predicted octanol–water partition coefficient (Wildman–Crippen LogP) is 4.07. The molecule has 5 nitrogen and oxygen atoms in total. The molecular formula is C22H28N2O3. The molecule has 0 aliphatic rings. The summed E-state index contributed by atoms with van der Waals surface area (Å²) < 4.78 is 0. The molecule has 2 rings (SSSR count). The van der Waals surface area contributed by atoms with E-state index in [0.29, 0.717) is 0 Å². The van der Waals surface area contributed by atoms with Gasteiger partial charge in [0.2, 0.25) is 5.91 Å². The van der Waals surface area contributed by atoms with Gasteiger partial charge >= 0.3 is 5.97 Å². The summed E-state index contributed by atoms with van der Waals surface area (Å²) in [4.78, 5) is 31.3. The van der Waals surface area contributed by atoms with Gasteiger partial charge in [-0.3, -0.25) is 14.6 Å². The van der Waals surface area contributed by atoms with Crippen LogP contribution in [0.2, 0.25) is 0 Å². The molecule has 0 saturated heterocycles. The maximum Gasteiger partial charge on any atom is 0.304 e. The van der Waals surface area contributed by atoms with Crippen molar-refractivity contribution in [2.24, 2.45) is 0 Å².